The van der Waals surface area contributed by atoms with Gasteiger partial charge < -0.3 is 10.6 Å². The number of halogens is 1. The van der Waals surface area contributed by atoms with Gasteiger partial charge >= 0.3 is 0 Å². The molecular weight excluding hydrogens is 355 g/mol. The van der Waals surface area contributed by atoms with Crippen LogP contribution in [0.3, 0.4) is 0 Å². The van der Waals surface area contributed by atoms with E-state index in [-0.39, 0.29) is 29.4 Å². The van der Waals surface area contributed by atoms with Crippen LogP contribution in [0.4, 0.5) is 15.9 Å². The summed E-state index contributed by atoms with van der Waals surface area (Å²) in [5.41, 5.74) is 2.68. The average molecular weight is 378 g/mol. The normalized spacial score (nSPS) is 11.1. The zero-order valence-corrected chi connectivity index (χ0v) is 16.2. The molecule has 5 nitrogen and oxygen atoms in total. The second kappa shape index (κ2) is 8.17. The van der Waals surface area contributed by atoms with Crippen LogP contribution in [0.2, 0.25) is 0 Å². The van der Waals surface area contributed by atoms with Crippen molar-refractivity contribution >= 4 is 17.4 Å². The minimum atomic E-state index is -0.336. The summed E-state index contributed by atoms with van der Waals surface area (Å²) < 4.78 is 13.6. The zero-order valence-electron chi connectivity index (χ0n) is 16.2. The summed E-state index contributed by atoms with van der Waals surface area (Å²) in [5, 5.41) is 5.80. The lowest BCUT2D eigenvalue weighted by Crippen LogP contribution is -2.15. The zero-order chi connectivity index (χ0) is 20.1. The topological polar surface area (TPSA) is 66.9 Å². The highest BCUT2D eigenvalue weighted by Crippen LogP contribution is 2.23. The molecule has 0 saturated carbocycles. The van der Waals surface area contributed by atoms with Crippen LogP contribution in [-0.4, -0.2) is 15.9 Å². The molecule has 0 bridgehead atoms. The summed E-state index contributed by atoms with van der Waals surface area (Å²) in [7, 11) is 0. The number of aromatic nitrogens is 2. The third-order valence-electron chi connectivity index (χ3n) is 4.31. The van der Waals surface area contributed by atoms with Crippen LogP contribution in [-0.2, 0) is 12.0 Å². The van der Waals surface area contributed by atoms with Crippen molar-refractivity contribution in [1.29, 1.82) is 0 Å². The Morgan fingerprint density at radius 1 is 1.00 bits per heavy atom. The Morgan fingerprint density at radius 3 is 2.32 bits per heavy atom. The molecule has 144 valence electrons. The molecule has 3 rings (SSSR count). The van der Waals surface area contributed by atoms with Crippen molar-refractivity contribution in [1.82, 2.24) is 9.97 Å². The average Bonchev–Trinajstić information content (AvgIpc) is 2.67. The summed E-state index contributed by atoms with van der Waals surface area (Å²) >= 11 is 0. The molecule has 0 spiro atoms. The maximum atomic E-state index is 13.6. The van der Waals surface area contributed by atoms with Crippen molar-refractivity contribution in [2.24, 2.45) is 0 Å². The van der Waals surface area contributed by atoms with Gasteiger partial charge in [0.05, 0.1) is 12.4 Å². The Bertz CT molecular complexity index is 948. The highest BCUT2D eigenvalue weighted by Gasteiger charge is 2.14. The first kappa shape index (κ1) is 19.5. The van der Waals surface area contributed by atoms with Gasteiger partial charge in [0.25, 0.3) is 5.91 Å². The van der Waals surface area contributed by atoms with Gasteiger partial charge in [-0.3, -0.25) is 4.79 Å². The van der Waals surface area contributed by atoms with E-state index in [2.05, 4.69) is 41.4 Å². The van der Waals surface area contributed by atoms with E-state index in [0.717, 1.165) is 0 Å². The fourth-order valence-corrected chi connectivity index (χ4v) is 2.61. The number of hydrogen-bond acceptors (Lipinski definition) is 4. The molecule has 2 aromatic carbocycles. The molecule has 0 atom stereocenters. The van der Waals surface area contributed by atoms with Crippen LogP contribution >= 0.6 is 0 Å². The van der Waals surface area contributed by atoms with Crippen molar-refractivity contribution in [2.45, 2.75) is 32.7 Å². The fraction of sp³-hybridized carbons (Fsp3) is 0.227. The summed E-state index contributed by atoms with van der Waals surface area (Å²) in [6, 6.07) is 14.3. The molecule has 0 aliphatic carbocycles. The molecule has 0 aliphatic rings. The van der Waals surface area contributed by atoms with Crippen molar-refractivity contribution < 1.29 is 9.18 Å². The monoisotopic (exact) mass is 378 g/mol. The van der Waals surface area contributed by atoms with E-state index in [1.54, 1.807) is 18.2 Å². The minimum absolute atomic E-state index is 0.0551. The number of anilines is 2. The maximum Gasteiger partial charge on any atom is 0.275 e. The highest BCUT2D eigenvalue weighted by molar-refractivity contribution is 6.02. The van der Waals surface area contributed by atoms with Crippen LogP contribution < -0.4 is 10.6 Å². The highest BCUT2D eigenvalue weighted by atomic mass is 19.1. The Hall–Kier alpha value is -3.28. The summed E-state index contributed by atoms with van der Waals surface area (Å²) in [5.74, 6) is -0.151. The van der Waals surface area contributed by atoms with Crippen LogP contribution in [0.15, 0.2) is 60.9 Å². The number of carbonyl (C=O) groups is 1. The molecule has 3 aromatic rings. The van der Waals surface area contributed by atoms with E-state index in [4.69, 9.17) is 0 Å². The van der Waals surface area contributed by atoms with Crippen molar-refractivity contribution in [3.05, 3.63) is 83.6 Å². The molecule has 0 unspecified atom stereocenters. The summed E-state index contributed by atoms with van der Waals surface area (Å²) in [4.78, 5) is 20.7. The number of rotatable bonds is 5. The van der Waals surface area contributed by atoms with Crippen LogP contribution in [0.25, 0.3) is 0 Å². The number of carbonyl (C=O) groups excluding carboxylic acids is 1. The van der Waals surface area contributed by atoms with Gasteiger partial charge in [-0.15, -0.1) is 0 Å². The van der Waals surface area contributed by atoms with Gasteiger partial charge in [-0.2, -0.15) is 0 Å². The van der Waals surface area contributed by atoms with E-state index in [0.29, 0.717) is 17.1 Å². The quantitative estimate of drug-likeness (QED) is 0.671. The Kier molecular flexibility index (Phi) is 5.68. The molecule has 28 heavy (non-hydrogen) atoms. The molecule has 0 radical (unpaired) electrons. The van der Waals surface area contributed by atoms with Crippen LogP contribution in [0, 0.1) is 5.82 Å². The number of benzene rings is 2. The molecule has 1 aromatic heterocycles. The van der Waals surface area contributed by atoms with Gasteiger partial charge in [-0.1, -0.05) is 51.1 Å². The lowest BCUT2D eigenvalue weighted by molar-refractivity contribution is 0.102. The number of nitrogens with zero attached hydrogens (tertiary/aromatic N) is 2. The summed E-state index contributed by atoms with van der Waals surface area (Å²) in [6.07, 6.45) is 2.85. The minimum Gasteiger partial charge on any atom is -0.365 e. The van der Waals surface area contributed by atoms with Gasteiger partial charge in [0, 0.05) is 17.8 Å². The van der Waals surface area contributed by atoms with E-state index >= 15 is 0 Å². The fourth-order valence-electron chi connectivity index (χ4n) is 2.61. The first-order valence-corrected chi connectivity index (χ1v) is 9.04. The standard InChI is InChI=1S/C22H23FN4O/c1-22(2,3)16-8-10-17(11-9-16)27-21(28)19-13-26-20(14-24-19)25-12-15-6-4-5-7-18(15)23/h4-11,13-14H,12H2,1-3H3,(H,25,26)(H,27,28). The van der Waals surface area contributed by atoms with Crippen molar-refractivity contribution in [2.75, 3.05) is 10.6 Å². The van der Waals surface area contributed by atoms with Crippen molar-refractivity contribution in [3.8, 4) is 0 Å². The van der Waals surface area contributed by atoms with E-state index in [1.165, 1.54) is 24.0 Å². The van der Waals surface area contributed by atoms with Gasteiger partial charge in [0.2, 0.25) is 0 Å². The molecular formula is C22H23FN4O. The third-order valence-corrected chi connectivity index (χ3v) is 4.31. The Morgan fingerprint density at radius 2 is 1.71 bits per heavy atom. The molecule has 6 heteroatoms. The third kappa shape index (κ3) is 4.91. The molecule has 2 N–H and O–H groups in total. The number of hydrogen-bond donors (Lipinski definition) is 2. The predicted molar refractivity (Wildman–Crippen MR) is 109 cm³/mol. The van der Waals surface area contributed by atoms with Gasteiger partial charge in [-0.05, 0) is 29.2 Å². The predicted octanol–water partition coefficient (Wildman–Crippen LogP) is 4.78. The number of amides is 1. The first-order valence-electron chi connectivity index (χ1n) is 9.04. The SMILES string of the molecule is CC(C)(C)c1ccc(NC(=O)c2cnc(NCc3ccccc3F)cn2)cc1. The van der Waals surface area contributed by atoms with E-state index < -0.39 is 0 Å². The second-order valence-electron chi connectivity index (χ2n) is 7.51. The summed E-state index contributed by atoms with van der Waals surface area (Å²) in [6.45, 7) is 6.70. The maximum absolute atomic E-state index is 13.6. The number of nitrogens with one attached hydrogen (secondary N) is 2. The second-order valence-corrected chi connectivity index (χ2v) is 7.51. The smallest absolute Gasteiger partial charge is 0.275 e. The molecule has 0 saturated heterocycles. The van der Waals surface area contributed by atoms with Gasteiger partial charge in [-0.25, -0.2) is 14.4 Å². The largest absolute Gasteiger partial charge is 0.365 e. The Balaban J connectivity index is 1.60. The van der Waals surface area contributed by atoms with Gasteiger partial charge in [0.1, 0.15) is 17.3 Å². The Labute approximate surface area is 164 Å². The lowest BCUT2D eigenvalue weighted by Gasteiger charge is -2.19. The first-order chi connectivity index (χ1) is 13.3. The van der Waals surface area contributed by atoms with Gasteiger partial charge in [0.15, 0.2) is 0 Å². The molecule has 1 heterocycles. The molecule has 0 aliphatic heterocycles. The van der Waals surface area contributed by atoms with Crippen LogP contribution in [0.1, 0.15) is 42.4 Å². The van der Waals surface area contributed by atoms with E-state index in [1.807, 2.05) is 24.3 Å². The van der Waals surface area contributed by atoms with Crippen LogP contribution in [0.5, 0.6) is 0 Å². The lowest BCUT2D eigenvalue weighted by atomic mass is 9.87. The van der Waals surface area contributed by atoms with Crippen molar-refractivity contribution in [3.63, 3.8) is 0 Å². The molecule has 1 amide bonds. The molecule has 0 fully saturated rings. The van der Waals surface area contributed by atoms with E-state index in [9.17, 15) is 9.18 Å².